The van der Waals surface area contributed by atoms with Crippen LogP contribution in [-0.4, -0.2) is 29.3 Å². The molecule has 0 aliphatic carbocycles. The van der Waals surface area contributed by atoms with Crippen LogP contribution in [0.15, 0.2) is 35.3 Å². The molecule has 2 aromatic rings. The monoisotopic (exact) mass is 317 g/mol. The van der Waals surface area contributed by atoms with Crippen molar-refractivity contribution in [1.29, 1.82) is 0 Å². The largest absolute Gasteiger partial charge is 0.356 e. The number of guanidine groups is 1. The van der Waals surface area contributed by atoms with Crippen LogP contribution >= 0.6 is 0 Å². The van der Waals surface area contributed by atoms with Gasteiger partial charge in [-0.05, 0) is 44.0 Å². The molecular formula is C17H24FN5. The van der Waals surface area contributed by atoms with E-state index in [4.69, 9.17) is 0 Å². The fraction of sp³-hybridized carbons (Fsp3) is 0.412. The smallest absolute Gasteiger partial charge is 0.191 e. The Bertz CT molecular complexity index is 646. The molecule has 2 N–H and O–H groups in total. The number of nitrogens with one attached hydrogen (secondary N) is 2. The van der Waals surface area contributed by atoms with Crippen LogP contribution in [0.2, 0.25) is 0 Å². The lowest BCUT2D eigenvalue weighted by atomic mass is 10.2. The van der Waals surface area contributed by atoms with Gasteiger partial charge in [0.15, 0.2) is 5.96 Å². The van der Waals surface area contributed by atoms with Crippen LogP contribution in [0.25, 0.3) is 0 Å². The molecule has 0 saturated carbocycles. The molecule has 0 aliphatic heterocycles. The van der Waals surface area contributed by atoms with Crippen LogP contribution < -0.4 is 10.6 Å². The number of benzene rings is 1. The molecule has 0 fully saturated rings. The topological polar surface area (TPSA) is 54.2 Å². The van der Waals surface area contributed by atoms with Gasteiger partial charge in [-0.3, -0.25) is 9.67 Å². The minimum atomic E-state index is -0.222. The first-order valence-corrected chi connectivity index (χ1v) is 7.78. The molecule has 6 heteroatoms. The van der Waals surface area contributed by atoms with Crippen LogP contribution in [0, 0.1) is 19.7 Å². The summed E-state index contributed by atoms with van der Waals surface area (Å²) >= 11 is 0. The Hall–Kier alpha value is -2.37. The Morgan fingerprint density at radius 1 is 1.22 bits per heavy atom. The van der Waals surface area contributed by atoms with Gasteiger partial charge in [-0.1, -0.05) is 12.1 Å². The predicted octanol–water partition coefficient (Wildman–Crippen LogP) is 2.39. The summed E-state index contributed by atoms with van der Waals surface area (Å²) in [6.07, 6.45) is 0.958. The second-order valence-corrected chi connectivity index (χ2v) is 5.48. The van der Waals surface area contributed by atoms with Crippen molar-refractivity contribution >= 4 is 5.96 Å². The van der Waals surface area contributed by atoms with Crippen LogP contribution in [0.3, 0.4) is 0 Å². The van der Waals surface area contributed by atoms with E-state index in [1.807, 2.05) is 11.6 Å². The molecule has 0 amide bonds. The zero-order chi connectivity index (χ0) is 16.7. The maximum atomic E-state index is 12.9. The molecule has 1 heterocycles. The van der Waals surface area contributed by atoms with Gasteiger partial charge in [0.1, 0.15) is 5.82 Å². The van der Waals surface area contributed by atoms with E-state index in [2.05, 4.69) is 33.7 Å². The lowest BCUT2D eigenvalue weighted by Crippen LogP contribution is -2.37. The Labute approximate surface area is 136 Å². The maximum absolute atomic E-state index is 12.9. The quantitative estimate of drug-likeness (QED) is 0.489. The van der Waals surface area contributed by atoms with Crippen molar-refractivity contribution in [1.82, 2.24) is 20.4 Å². The van der Waals surface area contributed by atoms with Gasteiger partial charge in [0.25, 0.3) is 0 Å². The Morgan fingerprint density at radius 3 is 2.57 bits per heavy atom. The summed E-state index contributed by atoms with van der Waals surface area (Å²) in [5.74, 6) is 0.517. The highest BCUT2D eigenvalue weighted by Gasteiger charge is 2.01. The summed E-state index contributed by atoms with van der Waals surface area (Å²) in [6, 6.07) is 8.52. The SMILES string of the molecule is CN=C(NCCCn1nc(C)cc1C)NCc1ccc(F)cc1. The number of aromatic nitrogens is 2. The summed E-state index contributed by atoms with van der Waals surface area (Å²) in [5.41, 5.74) is 3.24. The van der Waals surface area contributed by atoms with Crippen LogP contribution in [0.4, 0.5) is 4.39 Å². The van der Waals surface area contributed by atoms with Gasteiger partial charge < -0.3 is 10.6 Å². The summed E-state index contributed by atoms with van der Waals surface area (Å²) in [4.78, 5) is 4.18. The third kappa shape index (κ3) is 5.39. The van der Waals surface area contributed by atoms with Crippen molar-refractivity contribution in [3.05, 3.63) is 53.1 Å². The molecule has 23 heavy (non-hydrogen) atoms. The predicted molar refractivity (Wildman–Crippen MR) is 90.9 cm³/mol. The van der Waals surface area contributed by atoms with Gasteiger partial charge in [0.05, 0.1) is 5.69 Å². The van der Waals surface area contributed by atoms with E-state index in [9.17, 15) is 4.39 Å². The number of rotatable bonds is 6. The van der Waals surface area contributed by atoms with Gasteiger partial charge in [-0.2, -0.15) is 5.10 Å². The second kappa shape index (κ2) is 8.31. The van der Waals surface area contributed by atoms with E-state index < -0.39 is 0 Å². The molecule has 124 valence electrons. The first kappa shape index (κ1) is 17.0. The summed E-state index contributed by atoms with van der Waals surface area (Å²) in [7, 11) is 1.74. The number of halogens is 1. The molecular weight excluding hydrogens is 293 g/mol. The van der Waals surface area contributed by atoms with Crippen LogP contribution in [0.5, 0.6) is 0 Å². The number of aryl methyl sites for hydroxylation is 3. The Balaban J connectivity index is 1.70. The molecule has 1 aromatic carbocycles. The van der Waals surface area contributed by atoms with Crippen molar-refractivity contribution < 1.29 is 4.39 Å². The van der Waals surface area contributed by atoms with Gasteiger partial charge >= 0.3 is 0 Å². The maximum Gasteiger partial charge on any atom is 0.191 e. The van der Waals surface area contributed by atoms with E-state index in [1.165, 1.54) is 17.8 Å². The number of nitrogens with zero attached hydrogens (tertiary/aromatic N) is 3. The van der Waals surface area contributed by atoms with E-state index in [0.717, 1.165) is 36.7 Å². The van der Waals surface area contributed by atoms with Gasteiger partial charge in [-0.15, -0.1) is 0 Å². The number of hydrogen-bond donors (Lipinski definition) is 2. The van der Waals surface area contributed by atoms with Crippen molar-refractivity contribution in [3.63, 3.8) is 0 Å². The molecule has 0 bridgehead atoms. The molecule has 0 aliphatic rings. The van der Waals surface area contributed by atoms with Crippen LogP contribution in [0.1, 0.15) is 23.4 Å². The normalized spacial score (nSPS) is 11.6. The van der Waals surface area contributed by atoms with Crippen molar-refractivity contribution in [2.24, 2.45) is 4.99 Å². The number of aliphatic imine (C=N–C) groups is 1. The highest BCUT2D eigenvalue weighted by atomic mass is 19.1. The molecule has 0 saturated heterocycles. The van der Waals surface area contributed by atoms with Gasteiger partial charge in [-0.25, -0.2) is 4.39 Å². The molecule has 0 spiro atoms. The van der Waals surface area contributed by atoms with Crippen LogP contribution in [-0.2, 0) is 13.1 Å². The average Bonchev–Trinajstić information content (AvgIpc) is 2.86. The standard InChI is InChI=1S/C17H24FN5/c1-13-11-14(2)23(22-13)10-4-9-20-17(19-3)21-12-15-5-7-16(18)8-6-15/h5-8,11H,4,9-10,12H2,1-3H3,(H2,19,20,21). The van der Waals surface area contributed by atoms with E-state index in [1.54, 1.807) is 19.2 Å². The molecule has 0 atom stereocenters. The lowest BCUT2D eigenvalue weighted by molar-refractivity contribution is 0.555. The van der Waals surface area contributed by atoms with E-state index in [0.29, 0.717) is 6.54 Å². The lowest BCUT2D eigenvalue weighted by Gasteiger charge is -2.12. The van der Waals surface area contributed by atoms with E-state index >= 15 is 0 Å². The first-order chi connectivity index (χ1) is 11.1. The number of hydrogen-bond acceptors (Lipinski definition) is 2. The second-order valence-electron chi connectivity index (χ2n) is 5.48. The minimum Gasteiger partial charge on any atom is -0.356 e. The van der Waals surface area contributed by atoms with Gasteiger partial charge in [0.2, 0.25) is 0 Å². The average molecular weight is 317 g/mol. The molecule has 0 radical (unpaired) electrons. The molecule has 0 unspecified atom stereocenters. The zero-order valence-electron chi connectivity index (χ0n) is 13.9. The van der Waals surface area contributed by atoms with Gasteiger partial charge in [0, 0.05) is 32.4 Å². The van der Waals surface area contributed by atoms with Crippen molar-refractivity contribution in [2.45, 2.75) is 33.4 Å². The third-order valence-corrected chi connectivity index (χ3v) is 3.54. The zero-order valence-corrected chi connectivity index (χ0v) is 13.9. The molecule has 2 rings (SSSR count). The highest BCUT2D eigenvalue weighted by molar-refractivity contribution is 5.79. The summed E-state index contributed by atoms with van der Waals surface area (Å²) < 4.78 is 14.9. The minimum absolute atomic E-state index is 0.222. The Morgan fingerprint density at radius 2 is 1.96 bits per heavy atom. The highest BCUT2D eigenvalue weighted by Crippen LogP contribution is 2.03. The summed E-state index contributed by atoms with van der Waals surface area (Å²) in [6.45, 7) is 6.36. The molecule has 5 nitrogen and oxygen atoms in total. The fourth-order valence-corrected chi connectivity index (χ4v) is 2.35. The third-order valence-electron chi connectivity index (χ3n) is 3.54. The summed E-state index contributed by atoms with van der Waals surface area (Å²) in [5, 5.41) is 10.9. The van der Waals surface area contributed by atoms with Crippen molar-refractivity contribution in [3.8, 4) is 0 Å². The first-order valence-electron chi connectivity index (χ1n) is 7.78. The Kier molecular flexibility index (Phi) is 6.14. The molecule has 1 aromatic heterocycles. The van der Waals surface area contributed by atoms with Crippen molar-refractivity contribution in [2.75, 3.05) is 13.6 Å². The van der Waals surface area contributed by atoms with E-state index in [-0.39, 0.29) is 5.82 Å². The fourth-order valence-electron chi connectivity index (χ4n) is 2.35.